The van der Waals surface area contributed by atoms with Gasteiger partial charge in [0.1, 0.15) is 12.9 Å². The third-order valence-corrected chi connectivity index (χ3v) is 2.63. The first-order chi connectivity index (χ1) is 8.36. The SMILES string of the molecule is OCc1nncn1Cc1ccc2c(c1)OCO2. The molecule has 0 saturated heterocycles. The third kappa shape index (κ3) is 1.83. The van der Waals surface area contributed by atoms with E-state index in [1.807, 2.05) is 18.2 Å². The molecule has 17 heavy (non-hydrogen) atoms. The number of aliphatic hydroxyl groups excluding tert-OH is 1. The molecule has 0 radical (unpaired) electrons. The van der Waals surface area contributed by atoms with Crippen LogP contribution in [-0.4, -0.2) is 26.7 Å². The maximum atomic E-state index is 9.07. The fourth-order valence-corrected chi connectivity index (χ4v) is 1.77. The largest absolute Gasteiger partial charge is 0.454 e. The van der Waals surface area contributed by atoms with E-state index >= 15 is 0 Å². The number of hydrogen-bond acceptors (Lipinski definition) is 5. The smallest absolute Gasteiger partial charge is 0.231 e. The fourth-order valence-electron chi connectivity index (χ4n) is 1.77. The molecule has 2 heterocycles. The molecular formula is C11H11N3O3. The normalized spacial score (nSPS) is 13.0. The summed E-state index contributed by atoms with van der Waals surface area (Å²) in [6, 6.07) is 5.75. The number of benzene rings is 1. The Hall–Kier alpha value is -2.08. The van der Waals surface area contributed by atoms with Crippen LogP contribution >= 0.6 is 0 Å². The summed E-state index contributed by atoms with van der Waals surface area (Å²) in [6.07, 6.45) is 1.59. The summed E-state index contributed by atoms with van der Waals surface area (Å²) in [7, 11) is 0. The maximum absolute atomic E-state index is 9.07. The van der Waals surface area contributed by atoms with Gasteiger partial charge in [0.05, 0.1) is 6.54 Å². The Morgan fingerprint density at radius 2 is 2.18 bits per heavy atom. The van der Waals surface area contributed by atoms with Crippen LogP contribution in [0.15, 0.2) is 24.5 Å². The molecule has 0 spiro atoms. The molecule has 0 aliphatic carbocycles. The van der Waals surface area contributed by atoms with Gasteiger partial charge in [-0.3, -0.25) is 0 Å². The molecular weight excluding hydrogens is 222 g/mol. The first kappa shape index (κ1) is 10.1. The van der Waals surface area contributed by atoms with E-state index in [0.717, 1.165) is 17.1 Å². The minimum atomic E-state index is -0.120. The summed E-state index contributed by atoms with van der Waals surface area (Å²) in [5, 5.41) is 16.6. The summed E-state index contributed by atoms with van der Waals surface area (Å²) in [6.45, 7) is 0.747. The molecule has 0 fully saturated rings. The molecule has 1 aromatic heterocycles. The number of aromatic nitrogens is 3. The van der Waals surface area contributed by atoms with Gasteiger partial charge in [-0.1, -0.05) is 6.07 Å². The second-order valence-corrected chi connectivity index (χ2v) is 3.72. The van der Waals surface area contributed by atoms with E-state index in [0.29, 0.717) is 12.4 Å². The highest BCUT2D eigenvalue weighted by molar-refractivity contribution is 5.44. The van der Waals surface area contributed by atoms with Crippen LogP contribution in [0.2, 0.25) is 0 Å². The lowest BCUT2D eigenvalue weighted by atomic mass is 10.2. The van der Waals surface area contributed by atoms with Gasteiger partial charge in [-0.2, -0.15) is 0 Å². The van der Waals surface area contributed by atoms with Gasteiger partial charge in [-0.25, -0.2) is 0 Å². The van der Waals surface area contributed by atoms with Crippen LogP contribution in [0, 0.1) is 0 Å². The summed E-state index contributed by atoms with van der Waals surface area (Å²) in [4.78, 5) is 0. The molecule has 2 aromatic rings. The van der Waals surface area contributed by atoms with Gasteiger partial charge in [-0.05, 0) is 17.7 Å². The first-order valence-electron chi connectivity index (χ1n) is 5.23. The van der Waals surface area contributed by atoms with Crippen molar-refractivity contribution in [2.75, 3.05) is 6.79 Å². The molecule has 0 saturated carbocycles. The van der Waals surface area contributed by atoms with Gasteiger partial charge in [0.15, 0.2) is 17.3 Å². The molecule has 0 unspecified atom stereocenters. The summed E-state index contributed by atoms with van der Waals surface area (Å²) < 4.78 is 12.3. The van der Waals surface area contributed by atoms with Crippen molar-refractivity contribution in [2.45, 2.75) is 13.2 Å². The van der Waals surface area contributed by atoms with Crippen LogP contribution in [0.4, 0.5) is 0 Å². The number of nitrogens with zero attached hydrogens (tertiary/aromatic N) is 3. The Labute approximate surface area is 97.4 Å². The van der Waals surface area contributed by atoms with E-state index in [4.69, 9.17) is 14.6 Å². The zero-order chi connectivity index (χ0) is 11.7. The van der Waals surface area contributed by atoms with Crippen LogP contribution in [-0.2, 0) is 13.2 Å². The predicted molar refractivity (Wildman–Crippen MR) is 57.6 cm³/mol. The van der Waals surface area contributed by atoms with Crippen molar-refractivity contribution in [3.8, 4) is 11.5 Å². The van der Waals surface area contributed by atoms with Gasteiger partial charge in [-0.15, -0.1) is 10.2 Å². The van der Waals surface area contributed by atoms with Gasteiger partial charge in [0.25, 0.3) is 0 Å². The van der Waals surface area contributed by atoms with Crippen LogP contribution in [0.1, 0.15) is 11.4 Å². The number of rotatable bonds is 3. The van der Waals surface area contributed by atoms with Crippen molar-refractivity contribution < 1.29 is 14.6 Å². The predicted octanol–water partition coefficient (Wildman–Crippen LogP) is 0.547. The summed E-state index contributed by atoms with van der Waals surface area (Å²) in [5.41, 5.74) is 1.05. The van der Waals surface area contributed by atoms with E-state index < -0.39 is 0 Å². The van der Waals surface area contributed by atoms with E-state index in [1.165, 1.54) is 0 Å². The number of ether oxygens (including phenoxy) is 2. The lowest BCUT2D eigenvalue weighted by Gasteiger charge is -2.05. The average Bonchev–Trinajstić information content (AvgIpc) is 2.96. The quantitative estimate of drug-likeness (QED) is 0.838. The van der Waals surface area contributed by atoms with E-state index in [1.54, 1.807) is 10.9 Å². The van der Waals surface area contributed by atoms with Crippen molar-refractivity contribution in [1.82, 2.24) is 14.8 Å². The molecule has 6 heteroatoms. The maximum Gasteiger partial charge on any atom is 0.231 e. The summed E-state index contributed by atoms with van der Waals surface area (Å²) in [5.74, 6) is 2.06. The third-order valence-electron chi connectivity index (χ3n) is 2.63. The second kappa shape index (κ2) is 4.06. The van der Waals surface area contributed by atoms with Gasteiger partial charge in [0.2, 0.25) is 6.79 Å². The lowest BCUT2D eigenvalue weighted by Crippen LogP contribution is -2.04. The van der Waals surface area contributed by atoms with Crippen molar-refractivity contribution in [1.29, 1.82) is 0 Å². The van der Waals surface area contributed by atoms with Crippen molar-refractivity contribution in [3.63, 3.8) is 0 Å². The van der Waals surface area contributed by atoms with Crippen LogP contribution in [0.3, 0.4) is 0 Å². The first-order valence-corrected chi connectivity index (χ1v) is 5.23. The van der Waals surface area contributed by atoms with E-state index in [9.17, 15) is 0 Å². The van der Waals surface area contributed by atoms with Gasteiger partial charge < -0.3 is 19.1 Å². The highest BCUT2D eigenvalue weighted by Gasteiger charge is 2.13. The molecule has 6 nitrogen and oxygen atoms in total. The standard InChI is InChI=1S/C11H11N3O3/c15-5-11-13-12-6-14(11)4-8-1-2-9-10(3-8)17-7-16-9/h1-3,6,15H,4-5,7H2. The zero-order valence-electron chi connectivity index (χ0n) is 9.04. The minimum Gasteiger partial charge on any atom is -0.454 e. The van der Waals surface area contributed by atoms with Gasteiger partial charge >= 0.3 is 0 Å². The number of fused-ring (bicyclic) bond motifs is 1. The van der Waals surface area contributed by atoms with Gasteiger partial charge in [0, 0.05) is 0 Å². The average molecular weight is 233 g/mol. The molecule has 1 aromatic carbocycles. The lowest BCUT2D eigenvalue weighted by molar-refractivity contribution is 0.174. The highest BCUT2D eigenvalue weighted by atomic mass is 16.7. The molecule has 88 valence electrons. The zero-order valence-corrected chi connectivity index (χ0v) is 9.04. The summed E-state index contributed by atoms with van der Waals surface area (Å²) >= 11 is 0. The van der Waals surface area contributed by atoms with Crippen LogP contribution < -0.4 is 9.47 Å². The molecule has 0 atom stereocenters. The van der Waals surface area contributed by atoms with Crippen molar-refractivity contribution >= 4 is 0 Å². The molecule has 1 aliphatic rings. The Balaban J connectivity index is 1.86. The minimum absolute atomic E-state index is 0.120. The molecule has 0 bridgehead atoms. The topological polar surface area (TPSA) is 69.4 Å². The molecule has 3 rings (SSSR count). The number of aliphatic hydroxyl groups is 1. The Morgan fingerprint density at radius 1 is 1.29 bits per heavy atom. The van der Waals surface area contributed by atoms with Crippen molar-refractivity contribution in [2.24, 2.45) is 0 Å². The van der Waals surface area contributed by atoms with E-state index in [2.05, 4.69) is 10.2 Å². The molecule has 1 N–H and O–H groups in total. The number of hydrogen-bond donors (Lipinski definition) is 1. The fraction of sp³-hybridized carbons (Fsp3) is 0.273. The molecule has 1 aliphatic heterocycles. The monoisotopic (exact) mass is 233 g/mol. The van der Waals surface area contributed by atoms with Crippen LogP contribution in [0.25, 0.3) is 0 Å². The Kier molecular flexibility index (Phi) is 2.41. The highest BCUT2D eigenvalue weighted by Crippen LogP contribution is 2.32. The van der Waals surface area contributed by atoms with E-state index in [-0.39, 0.29) is 13.4 Å². The second-order valence-electron chi connectivity index (χ2n) is 3.72. The Morgan fingerprint density at radius 3 is 3.06 bits per heavy atom. The molecule has 0 amide bonds. The van der Waals surface area contributed by atoms with Crippen molar-refractivity contribution in [3.05, 3.63) is 35.9 Å². The Bertz CT molecular complexity index is 539. The van der Waals surface area contributed by atoms with Crippen LogP contribution in [0.5, 0.6) is 11.5 Å².